The number of aliphatic hydroxyl groups is 2. The molecule has 0 bridgehead atoms. The first-order chi connectivity index (χ1) is 30.6. The first-order valence-corrected chi connectivity index (χ1v) is 23.0. The van der Waals surface area contributed by atoms with E-state index in [1.54, 1.807) is 26.0 Å². The van der Waals surface area contributed by atoms with Crippen LogP contribution in [0.1, 0.15) is 159 Å². The highest BCUT2D eigenvalue weighted by molar-refractivity contribution is 5.94. The summed E-state index contributed by atoms with van der Waals surface area (Å²) in [5, 5.41) is 32.3. The highest BCUT2D eigenvalue weighted by Gasteiger charge is 2.46. The maximum Gasteiger partial charge on any atom is 0.412 e. The van der Waals surface area contributed by atoms with Gasteiger partial charge in [-0.3, -0.25) is 14.4 Å². The maximum absolute atomic E-state index is 15.3. The summed E-state index contributed by atoms with van der Waals surface area (Å²) < 4.78 is 33.3. The maximum atomic E-state index is 15.3. The molecular weight excluding hydrogens is 838 g/mol. The van der Waals surface area contributed by atoms with Gasteiger partial charge in [0.25, 0.3) is 11.5 Å². The van der Waals surface area contributed by atoms with Crippen LogP contribution in [0, 0.1) is 12.7 Å². The van der Waals surface area contributed by atoms with Gasteiger partial charge in [-0.15, -0.1) is 0 Å². The zero-order chi connectivity index (χ0) is 47.5. The van der Waals surface area contributed by atoms with E-state index in [9.17, 15) is 34.2 Å². The summed E-state index contributed by atoms with van der Waals surface area (Å²) in [6.45, 7) is 15.9. The van der Waals surface area contributed by atoms with Crippen LogP contribution >= 0.6 is 0 Å². The molecule has 3 atom stereocenters. The Hall–Kier alpha value is -5.19. The third kappa shape index (κ3) is 10.8. The zero-order valence-electron chi connectivity index (χ0n) is 39.1. The number of amides is 3. The van der Waals surface area contributed by atoms with Gasteiger partial charge in [0.1, 0.15) is 18.0 Å². The molecule has 0 saturated heterocycles. The SMILES string of the molecule is CCC[C@@](O)(CC/C=C/OC(=O)NC1CCc2c(C)c(F)cc3nc4c(c1c23)Cn1c-4cc2c(c1=O)COC(=O)[C@]2(O)CC)C(=O)NCCCCCC(=O)NC(C)(C)CCOC(C)(C)C. The fourth-order valence-electron chi connectivity index (χ4n) is 9.21. The molecule has 3 aromatic rings. The molecule has 1 aromatic carbocycles. The average molecular weight is 904 g/mol. The fourth-order valence-corrected chi connectivity index (χ4v) is 9.21. The van der Waals surface area contributed by atoms with Crippen LogP contribution in [0.5, 0.6) is 0 Å². The van der Waals surface area contributed by atoms with Gasteiger partial charge in [-0.05, 0) is 128 Å². The molecule has 4 heterocycles. The van der Waals surface area contributed by atoms with Gasteiger partial charge >= 0.3 is 12.1 Å². The second-order valence-corrected chi connectivity index (χ2v) is 19.4. The van der Waals surface area contributed by atoms with E-state index in [1.165, 1.54) is 16.9 Å². The number of nitrogens with zero attached hydrogens (tertiary/aromatic N) is 2. The van der Waals surface area contributed by atoms with Crippen LogP contribution in [0.4, 0.5) is 9.18 Å². The monoisotopic (exact) mass is 903 g/mol. The Kier molecular flexibility index (Phi) is 14.9. The molecule has 1 aliphatic carbocycles. The molecule has 1 unspecified atom stereocenters. The number of aryl methyl sites for hydroxylation is 1. The lowest BCUT2D eigenvalue weighted by atomic mass is 9.81. The van der Waals surface area contributed by atoms with Crippen molar-refractivity contribution in [2.24, 2.45) is 0 Å². The summed E-state index contributed by atoms with van der Waals surface area (Å²) in [7, 11) is 0. The first kappa shape index (κ1) is 49.2. The average Bonchev–Trinajstić information content (AvgIpc) is 3.60. The van der Waals surface area contributed by atoms with Gasteiger partial charge < -0.3 is 44.9 Å². The Morgan fingerprint density at radius 1 is 1.05 bits per heavy atom. The van der Waals surface area contributed by atoms with E-state index in [4.69, 9.17) is 19.2 Å². The molecule has 0 spiro atoms. The lowest BCUT2D eigenvalue weighted by Crippen LogP contribution is -2.47. The third-order valence-corrected chi connectivity index (χ3v) is 12.9. The van der Waals surface area contributed by atoms with Crippen LogP contribution < -0.4 is 21.5 Å². The number of hydrogen-bond donors (Lipinski definition) is 5. The number of carbonyl (C=O) groups excluding carboxylic acids is 4. The molecule has 3 aliphatic rings. The molecule has 2 aromatic heterocycles. The molecule has 65 heavy (non-hydrogen) atoms. The molecule has 3 amide bonds. The molecule has 0 radical (unpaired) electrons. The number of hydrogen-bond acceptors (Lipinski definition) is 11. The molecule has 0 fully saturated rings. The van der Waals surface area contributed by atoms with Crippen molar-refractivity contribution in [1.82, 2.24) is 25.5 Å². The van der Waals surface area contributed by atoms with Gasteiger partial charge in [0.15, 0.2) is 5.60 Å². The van der Waals surface area contributed by atoms with Crippen molar-refractivity contribution in [3.05, 3.63) is 74.0 Å². The van der Waals surface area contributed by atoms with Gasteiger partial charge in [0.05, 0.1) is 46.9 Å². The number of fused-ring (bicyclic) bond motifs is 5. The number of benzene rings is 1. The van der Waals surface area contributed by atoms with E-state index in [0.717, 1.165) is 12.0 Å². The molecule has 2 aliphatic heterocycles. The van der Waals surface area contributed by atoms with Crippen LogP contribution in [-0.2, 0) is 53.8 Å². The van der Waals surface area contributed by atoms with Gasteiger partial charge in [0, 0.05) is 47.7 Å². The standard InChI is InChI=1S/C49H66FN5O10/c1-9-19-48(61,43(58)51-22-14-11-12-16-38(56)54-47(7,8)21-24-65-46(4,5)6)20-13-15-23-63-45(60)53-35-18-17-30-29(3)34(50)26-36-39(30)40(35)31-27-55-37(41(31)52-36)25-33-32(42(55)57)28-64-44(59)49(33,62)10-2/h15,23,25-26,35,61-62H,9-14,16-22,24,27-28H2,1-8H3,(H,51,58)(H,53,60)(H,54,56)/b23-15+/t35?,48-,49+/m1/s1. The Balaban J connectivity index is 1.04. The van der Waals surface area contributed by atoms with Crippen LogP contribution in [0.2, 0.25) is 0 Å². The summed E-state index contributed by atoms with van der Waals surface area (Å²) in [6, 6.07) is 2.34. The summed E-state index contributed by atoms with van der Waals surface area (Å²) in [6.07, 6.45) is 7.13. The number of nitrogens with one attached hydrogen (secondary N) is 3. The van der Waals surface area contributed by atoms with Crippen molar-refractivity contribution in [1.29, 1.82) is 0 Å². The molecule has 5 N–H and O–H groups in total. The predicted molar refractivity (Wildman–Crippen MR) is 242 cm³/mol. The van der Waals surface area contributed by atoms with Crippen LogP contribution in [0.25, 0.3) is 22.3 Å². The summed E-state index contributed by atoms with van der Waals surface area (Å²) >= 11 is 0. The van der Waals surface area contributed by atoms with E-state index < -0.39 is 46.6 Å². The van der Waals surface area contributed by atoms with Gasteiger partial charge in [-0.1, -0.05) is 26.7 Å². The van der Waals surface area contributed by atoms with Crippen LogP contribution in [0.3, 0.4) is 0 Å². The van der Waals surface area contributed by atoms with Crippen LogP contribution in [0.15, 0.2) is 29.3 Å². The quantitative estimate of drug-likeness (QED) is 0.0374. The number of carbonyl (C=O) groups is 4. The fraction of sp³-hybridized carbons (Fsp3) is 0.592. The second-order valence-electron chi connectivity index (χ2n) is 19.4. The van der Waals surface area contributed by atoms with E-state index in [2.05, 4.69) is 16.0 Å². The Labute approximate surface area is 379 Å². The van der Waals surface area contributed by atoms with Crippen molar-refractivity contribution < 1.29 is 48.0 Å². The van der Waals surface area contributed by atoms with Crippen molar-refractivity contribution in [2.75, 3.05) is 13.2 Å². The second kappa shape index (κ2) is 19.7. The number of pyridine rings is 2. The molecule has 6 rings (SSSR count). The highest BCUT2D eigenvalue weighted by Crippen LogP contribution is 2.46. The van der Waals surface area contributed by atoms with Crippen molar-refractivity contribution in [2.45, 2.75) is 174 Å². The lowest BCUT2D eigenvalue weighted by Gasteiger charge is -2.31. The summed E-state index contributed by atoms with van der Waals surface area (Å²) in [4.78, 5) is 70.5. The third-order valence-electron chi connectivity index (χ3n) is 12.9. The zero-order valence-corrected chi connectivity index (χ0v) is 39.1. The van der Waals surface area contributed by atoms with E-state index >= 15 is 4.39 Å². The summed E-state index contributed by atoms with van der Waals surface area (Å²) in [5.74, 6) is -1.77. The minimum atomic E-state index is -2.02. The van der Waals surface area contributed by atoms with Crippen molar-refractivity contribution >= 4 is 34.8 Å². The number of halogens is 1. The van der Waals surface area contributed by atoms with Crippen molar-refractivity contribution in [3.63, 3.8) is 0 Å². The van der Waals surface area contributed by atoms with E-state index in [0.29, 0.717) is 97.1 Å². The first-order valence-electron chi connectivity index (χ1n) is 23.0. The Bertz CT molecular complexity index is 2420. The minimum Gasteiger partial charge on any atom is -0.458 e. The largest absolute Gasteiger partial charge is 0.458 e. The van der Waals surface area contributed by atoms with E-state index in [-0.39, 0.29) is 67.0 Å². The topological polar surface area (TPSA) is 207 Å². The van der Waals surface area contributed by atoms with Gasteiger partial charge in [-0.25, -0.2) is 19.0 Å². The molecular formula is C49H66FN5O10. The van der Waals surface area contributed by atoms with Crippen molar-refractivity contribution in [3.8, 4) is 11.4 Å². The van der Waals surface area contributed by atoms with Gasteiger partial charge in [0.2, 0.25) is 5.91 Å². The van der Waals surface area contributed by atoms with Crippen LogP contribution in [-0.4, -0.2) is 73.5 Å². The van der Waals surface area contributed by atoms with Gasteiger partial charge in [-0.2, -0.15) is 0 Å². The number of allylic oxidation sites excluding steroid dienone is 1. The molecule has 15 nitrogen and oxygen atoms in total. The number of cyclic esters (lactones) is 1. The highest BCUT2D eigenvalue weighted by atomic mass is 19.1. The van der Waals surface area contributed by atoms with E-state index in [1.807, 2.05) is 41.5 Å². The summed E-state index contributed by atoms with van der Waals surface area (Å²) in [5.41, 5.74) is -0.670. The Morgan fingerprint density at radius 2 is 1.80 bits per heavy atom. The lowest BCUT2D eigenvalue weighted by molar-refractivity contribution is -0.172. The number of aromatic nitrogens is 2. The minimum absolute atomic E-state index is 0.0179. The normalized spacial score (nSPS) is 18.7. The smallest absolute Gasteiger partial charge is 0.412 e. The number of alkyl carbamates (subject to hydrolysis) is 1. The number of esters is 1. The number of unbranched alkanes of at least 4 members (excludes halogenated alkanes) is 2. The molecule has 354 valence electrons. The number of rotatable bonds is 19. The number of ether oxygens (including phenoxy) is 3. The molecule has 16 heteroatoms. The predicted octanol–water partition coefficient (Wildman–Crippen LogP) is 6.84. The Morgan fingerprint density at radius 3 is 2.51 bits per heavy atom. The molecule has 0 saturated carbocycles.